The molecule has 0 atom stereocenters. The van der Waals surface area contributed by atoms with Gasteiger partial charge in [-0.1, -0.05) is 78.9 Å². The Morgan fingerprint density at radius 1 is 0.861 bits per heavy atom. The lowest BCUT2D eigenvalue weighted by atomic mass is 9.98. The van der Waals surface area contributed by atoms with Crippen LogP contribution in [0.2, 0.25) is 0 Å². The van der Waals surface area contributed by atoms with Gasteiger partial charge in [-0.3, -0.25) is 9.59 Å². The second-order valence-corrected chi connectivity index (χ2v) is 8.76. The number of amides is 2. The van der Waals surface area contributed by atoms with E-state index in [1.807, 2.05) is 59.3 Å². The molecule has 3 aromatic carbocycles. The van der Waals surface area contributed by atoms with Crippen molar-refractivity contribution in [2.75, 3.05) is 0 Å². The van der Waals surface area contributed by atoms with Gasteiger partial charge in [0.15, 0.2) is 0 Å². The number of hydrogen-bond acceptors (Lipinski definition) is 4. The summed E-state index contributed by atoms with van der Waals surface area (Å²) in [6, 6.07) is 26.1. The van der Waals surface area contributed by atoms with Crippen LogP contribution >= 0.6 is 0 Å². The van der Waals surface area contributed by atoms with Crippen molar-refractivity contribution in [2.45, 2.75) is 32.5 Å². The lowest BCUT2D eigenvalue weighted by molar-refractivity contribution is -0.132. The number of benzene rings is 3. The average Bonchev–Trinajstić information content (AvgIpc) is 3.43. The third kappa shape index (κ3) is 5.58. The van der Waals surface area contributed by atoms with Crippen LogP contribution in [0.15, 0.2) is 103 Å². The Morgan fingerprint density at radius 3 is 2.39 bits per heavy atom. The van der Waals surface area contributed by atoms with E-state index in [9.17, 15) is 9.59 Å². The zero-order chi connectivity index (χ0) is 24.7. The summed E-state index contributed by atoms with van der Waals surface area (Å²) in [5.74, 6) is -0.316. The fourth-order valence-electron chi connectivity index (χ4n) is 4.26. The smallest absolute Gasteiger partial charge is 0.267 e. The Labute approximate surface area is 210 Å². The molecular formula is C29H27N5O2. The molecule has 5 rings (SSSR count). The molecule has 0 unspecified atom stereocenters. The first kappa shape index (κ1) is 23.2. The molecule has 0 fully saturated rings. The molecule has 0 bridgehead atoms. The van der Waals surface area contributed by atoms with Crippen LogP contribution in [0.5, 0.6) is 0 Å². The maximum absolute atomic E-state index is 12.9. The molecule has 2 amide bonds. The van der Waals surface area contributed by atoms with Gasteiger partial charge in [0, 0.05) is 38.3 Å². The molecule has 1 N–H and O–H groups in total. The van der Waals surface area contributed by atoms with Gasteiger partial charge >= 0.3 is 0 Å². The maximum atomic E-state index is 12.9. The van der Waals surface area contributed by atoms with E-state index in [4.69, 9.17) is 0 Å². The van der Waals surface area contributed by atoms with Gasteiger partial charge in [-0.25, -0.2) is 9.99 Å². The molecule has 0 aliphatic carbocycles. The van der Waals surface area contributed by atoms with Crippen LogP contribution in [-0.2, 0) is 29.2 Å². The van der Waals surface area contributed by atoms with Crippen LogP contribution in [0.1, 0.15) is 29.5 Å². The molecule has 2 heterocycles. The summed E-state index contributed by atoms with van der Waals surface area (Å²) < 4.78 is 2.03. The van der Waals surface area contributed by atoms with Crippen LogP contribution in [0.4, 0.5) is 0 Å². The van der Waals surface area contributed by atoms with Crippen molar-refractivity contribution in [1.82, 2.24) is 19.9 Å². The van der Waals surface area contributed by atoms with Gasteiger partial charge in [-0.05, 0) is 27.8 Å². The number of imidazole rings is 1. The summed E-state index contributed by atoms with van der Waals surface area (Å²) in [6.45, 7) is 1.50. The summed E-state index contributed by atoms with van der Waals surface area (Å²) in [4.78, 5) is 29.4. The number of nitrogens with zero attached hydrogens (tertiary/aromatic N) is 4. The number of hydrogen-bond donors (Lipinski definition) is 1. The number of hydrazone groups is 1. The topological polar surface area (TPSA) is 79.6 Å². The molecule has 1 aromatic heterocycles. The van der Waals surface area contributed by atoms with E-state index in [1.165, 1.54) is 10.6 Å². The van der Waals surface area contributed by atoms with E-state index in [-0.39, 0.29) is 18.2 Å². The first-order valence-corrected chi connectivity index (χ1v) is 12.0. The second-order valence-electron chi connectivity index (χ2n) is 8.76. The van der Waals surface area contributed by atoms with Gasteiger partial charge in [-0.2, -0.15) is 5.10 Å². The highest BCUT2D eigenvalue weighted by Crippen LogP contribution is 2.24. The lowest BCUT2D eigenvalue weighted by Gasteiger charge is -2.23. The maximum Gasteiger partial charge on any atom is 0.267 e. The van der Waals surface area contributed by atoms with Crippen LogP contribution in [-0.4, -0.2) is 32.1 Å². The zero-order valence-corrected chi connectivity index (χ0v) is 19.9. The van der Waals surface area contributed by atoms with Gasteiger partial charge in [0.1, 0.15) is 5.71 Å². The van der Waals surface area contributed by atoms with Gasteiger partial charge in [-0.15, -0.1) is 0 Å². The predicted octanol–water partition coefficient (Wildman–Crippen LogP) is 4.39. The Bertz CT molecular complexity index is 1360. The molecule has 0 spiro atoms. The van der Waals surface area contributed by atoms with Gasteiger partial charge in [0.05, 0.1) is 12.9 Å². The fourth-order valence-corrected chi connectivity index (χ4v) is 4.26. The highest BCUT2D eigenvalue weighted by atomic mass is 16.2. The second kappa shape index (κ2) is 10.8. The molecular weight excluding hydrogens is 450 g/mol. The van der Waals surface area contributed by atoms with Crippen molar-refractivity contribution in [1.29, 1.82) is 0 Å². The zero-order valence-electron chi connectivity index (χ0n) is 19.9. The van der Waals surface area contributed by atoms with E-state index in [0.717, 1.165) is 28.8 Å². The summed E-state index contributed by atoms with van der Waals surface area (Å²) >= 11 is 0. The number of carbonyl (C=O) groups is 2. The van der Waals surface area contributed by atoms with Crippen molar-refractivity contribution >= 4 is 17.5 Å². The largest absolute Gasteiger partial charge is 0.347 e. The number of nitrogens with one attached hydrogen (secondary N) is 1. The Balaban J connectivity index is 1.25. The van der Waals surface area contributed by atoms with Gasteiger partial charge < -0.3 is 9.88 Å². The molecule has 180 valence electrons. The first-order chi connectivity index (χ1) is 17.7. The number of aromatic nitrogens is 2. The van der Waals surface area contributed by atoms with Crippen molar-refractivity contribution in [3.05, 3.63) is 114 Å². The van der Waals surface area contributed by atoms with Crippen molar-refractivity contribution in [3.63, 3.8) is 0 Å². The SMILES string of the molecule is O=C(NCc1ccccc1-c1ccc(Cn2ccnc2)cc1)C1=NN(Cc2ccccc2)C(=O)CC1. The highest BCUT2D eigenvalue weighted by molar-refractivity contribution is 6.39. The fraction of sp³-hybridized carbons (Fsp3) is 0.172. The Morgan fingerprint density at radius 2 is 1.61 bits per heavy atom. The Kier molecular flexibility index (Phi) is 6.98. The molecule has 7 nitrogen and oxygen atoms in total. The first-order valence-electron chi connectivity index (χ1n) is 12.0. The molecule has 1 aliphatic heterocycles. The standard InChI is InChI=1S/C29H27N5O2/c35-28-15-14-27(32-34(28)20-22-6-2-1-3-7-22)29(36)31-18-25-8-4-5-9-26(25)24-12-10-23(11-13-24)19-33-17-16-30-21-33/h1-13,16-17,21H,14-15,18-20H2,(H,31,36). The van der Waals surface area contributed by atoms with Gasteiger partial charge in [0.2, 0.25) is 5.91 Å². The van der Waals surface area contributed by atoms with E-state index >= 15 is 0 Å². The van der Waals surface area contributed by atoms with E-state index in [0.29, 0.717) is 25.2 Å². The van der Waals surface area contributed by atoms with Crippen molar-refractivity contribution in [2.24, 2.45) is 5.10 Å². The van der Waals surface area contributed by atoms with E-state index in [1.54, 1.807) is 12.5 Å². The quantitative estimate of drug-likeness (QED) is 0.409. The lowest BCUT2D eigenvalue weighted by Crippen LogP contribution is -2.38. The van der Waals surface area contributed by atoms with Crippen molar-refractivity contribution in [3.8, 4) is 11.1 Å². The minimum Gasteiger partial charge on any atom is -0.347 e. The van der Waals surface area contributed by atoms with Crippen LogP contribution in [0.25, 0.3) is 11.1 Å². The normalized spacial score (nSPS) is 13.4. The summed E-state index contributed by atoms with van der Waals surface area (Å²) in [5, 5.41) is 8.77. The van der Waals surface area contributed by atoms with E-state index in [2.05, 4.69) is 45.7 Å². The predicted molar refractivity (Wildman–Crippen MR) is 139 cm³/mol. The summed E-state index contributed by atoms with van der Waals surface area (Å²) in [6.07, 6.45) is 6.14. The molecule has 4 aromatic rings. The average molecular weight is 478 g/mol. The monoisotopic (exact) mass is 477 g/mol. The summed E-state index contributed by atoms with van der Waals surface area (Å²) in [5.41, 5.74) is 5.71. The summed E-state index contributed by atoms with van der Waals surface area (Å²) in [7, 11) is 0. The minimum absolute atomic E-state index is 0.0720. The molecule has 1 aliphatic rings. The molecule has 0 saturated carbocycles. The van der Waals surface area contributed by atoms with Crippen LogP contribution in [0.3, 0.4) is 0 Å². The van der Waals surface area contributed by atoms with Gasteiger partial charge in [0.25, 0.3) is 5.91 Å². The third-order valence-corrected chi connectivity index (χ3v) is 6.19. The minimum atomic E-state index is -0.244. The molecule has 7 heteroatoms. The third-order valence-electron chi connectivity index (χ3n) is 6.19. The van der Waals surface area contributed by atoms with Crippen LogP contribution in [0, 0.1) is 0 Å². The molecule has 0 saturated heterocycles. The molecule has 36 heavy (non-hydrogen) atoms. The molecule has 0 radical (unpaired) electrons. The van der Waals surface area contributed by atoms with Crippen molar-refractivity contribution < 1.29 is 9.59 Å². The number of rotatable bonds is 8. The highest BCUT2D eigenvalue weighted by Gasteiger charge is 2.24. The van der Waals surface area contributed by atoms with E-state index < -0.39 is 0 Å². The van der Waals surface area contributed by atoms with Crippen LogP contribution < -0.4 is 5.32 Å². The Hall–Kier alpha value is -4.52. The number of carbonyl (C=O) groups excluding carboxylic acids is 2.